The van der Waals surface area contributed by atoms with Gasteiger partial charge in [0.05, 0.1) is 12.7 Å². The predicted molar refractivity (Wildman–Crippen MR) is 75.3 cm³/mol. The molecule has 3 N–H and O–H groups in total. The Kier molecular flexibility index (Phi) is 6.32. The highest BCUT2D eigenvalue weighted by Crippen LogP contribution is 2.12. The van der Waals surface area contributed by atoms with Crippen LogP contribution in [0.4, 0.5) is 5.69 Å². The van der Waals surface area contributed by atoms with Gasteiger partial charge in [0.15, 0.2) is 0 Å². The van der Waals surface area contributed by atoms with E-state index in [9.17, 15) is 9.90 Å². The molecule has 0 aliphatic heterocycles. The first-order valence-corrected chi connectivity index (χ1v) is 6.54. The summed E-state index contributed by atoms with van der Waals surface area (Å²) in [5.41, 5.74) is 1.37. The molecule has 0 heterocycles. The molecule has 0 aliphatic carbocycles. The van der Waals surface area contributed by atoms with E-state index >= 15 is 0 Å². The lowest BCUT2D eigenvalue weighted by molar-refractivity contribution is 0.0773. The minimum absolute atomic E-state index is 0.00337. The van der Waals surface area contributed by atoms with Crippen LogP contribution in [0.25, 0.3) is 0 Å². The zero-order chi connectivity index (χ0) is 14.3. The largest absolute Gasteiger partial charge is 0.394 e. The number of carbonyl (C=O) groups is 1. The maximum absolute atomic E-state index is 12.2. The van der Waals surface area contributed by atoms with Crippen LogP contribution in [0, 0.1) is 0 Å². The quantitative estimate of drug-likeness (QED) is 0.686. The van der Waals surface area contributed by atoms with Gasteiger partial charge in [-0.2, -0.15) is 0 Å². The Morgan fingerprint density at radius 3 is 2.63 bits per heavy atom. The number of aliphatic hydroxyl groups excluding tert-OH is 2. The molecule has 1 aromatic rings. The van der Waals surface area contributed by atoms with Gasteiger partial charge >= 0.3 is 0 Å². The van der Waals surface area contributed by atoms with E-state index in [-0.39, 0.29) is 19.1 Å². The first-order chi connectivity index (χ1) is 9.12. The van der Waals surface area contributed by atoms with Gasteiger partial charge in [0.25, 0.3) is 5.91 Å². The van der Waals surface area contributed by atoms with E-state index in [1.165, 1.54) is 0 Å². The van der Waals surface area contributed by atoms with Crippen molar-refractivity contribution < 1.29 is 15.0 Å². The molecule has 5 nitrogen and oxygen atoms in total. The van der Waals surface area contributed by atoms with Crippen molar-refractivity contribution in [2.45, 2.75) is 20.0 Å². The van der Waals surface area contributed by atoms with Gasteiger partial charge in [-0.25, -0.2) is 0 Å². The van der Waals surface area contributed by atoms with E-state index < -0.39 is 6.10 Å². The number of aliphatic hydroxyl groups is 2. The maximum Gasteiger partial charge on any atom is 0.253 e. The van der Waals surface area contributed by atoms with Gasteiger partial charge < -0.3 is 20.4 Å². The number of anilines is 1. The Bertz CT molecular complexity index is 405. The van der Waals surface area contributed by atoms with Crippen molar-refractivity contribution in [1.82, 2.24) is 4.90 Å². The molecule has 1 unspecified atom stereocenters. The number of rotatable bonds is 7. The fourth-order valence-corrected chi connectivity index (χ4v) is 1.76. The Hall–Kier alpha value is -1.59. The number of amides is 1. The Morgan fingerprint density at radius 2 is 2.05 bits per heavy atom. The molecule has 0 radical (unpaired) electrons. The minimum atomic E-state index is -0.804. The summed E-state index contributed by atoms with van der Waals surface area (Å²) in [5.74, 6) is -0.00337. The highest BCUT2D eigenvalue weighted by molar-refractivity contribution is 5.95. The number of hydrogen-bond acceptors (Lipinski definition) is 4. The number of nitrogens with zero attached hydrogens (tertiary/aromatic N) is 1. The van der Waals surface area contributed by atoms with E-state index in [1.54, 1.807) is 23.1 Å². The smallest absolute Gasteiger partial charge is 0.253 e. The van der Waals surface area contributed by atoms with Crippen LogP contribution in [0.15, 0.2) is 24.3 Å². The monoisotopic (exact) mass is 266 g/mol. The summed E-state index contributed by atoms with van der Waals surface area (Å²) in [5, 5.41) is 21.0. The van der Waals surface area contributed by atoms with Crippen molar-refractivity contribution in [2.24, 2.45) is 0 Å². The summed E-state index contributed by atoms with van der Waals surface area (Å²) in [6, 6.07) is 7.15. The van der Waals surface area contributed by atoms with E-state index in [0.717, 1.165) is 5.69 Å². The van der Waals surface area contributed by atoms with Crippen molar-refractivity contribution in [3.63, 3.8) is 0 Å². The second-order valence-corrected chi connectivity index (χ2v) is 4.28. The Morgan fingerprint density at radius 1 is 1.37 bits per heavy atom. The van der Waals surface area contributed by atoms with Crippen LogP contribution in [0.3, 0.4) is 0 Å². The molecule has 5 heteroatoms. The molecule has 0 saturated carbocycles. The lowest BCUT2D eigenvalue weighted by atomic mass is 10.1. The standard InChI is InChI=1S/C14H22N2O3/c1-3-16(4-2)14(19)11-6-5-7-12(8-11)15-9-13(18)10-17/h5-8,13,15,17-18H,3-4,9-10H2,1-2H3. The number of benzene rings is 1. The van der Waals surface area contributed by atoms with E-state index in [0.29, 0.717) is 18.7 Å². The van der Waals surface area contributed by atoms with Gasteiger partial charge in [0, 0.05) is 30.9 Å². The van der Waals surface area contributed by atoms with Crippen LogP contribution in [-0.2, 0) is 0 Å². The Balaban J connectivity index is 2.73. The molecule has 0 fully saturated rings. The van der Waals surface area contributed by atoms with E-state index in [1.807, 2.05) is 19.9 Å². The zero-order valence-corrected chi connectivity index (χ0v) is 11.5. The molecular weight excluding hydrogens is 244 g/mol. The first kappa shape index (κ1) is 15.5. The van der Waals surface area contributed by atoms with Crippen molar-refractivity contribution in [1.29, 1.82) is 0 Å². The molecular formula is C14H22N2O3. The molecule has 106 valence electrons. The summed E-state index contributed by atoms with van der Waals surface area (Å²) in [6.45, 7) is 5.21. The van der Waals surface area contributed by atoms with Crippen LogP contribution in [0.5, 0.6) is 0 Å². The molecule has 1 atom stereocenters. The summed E-state index contributed by atoms with van der Waals surface area (Å²) >= 11 is 0. The highest BCUT2D eigenvalue weighted by atomic mass is 16.3. The van der Waals surface area contributed by atoms with Crippen LogP contribution >= 0.6 is 0 Å². The van der Waals surface area contributed by atoms with Gasteiger partial charge in [-0.05, 0) is 32.0 Å². The second-order valence-electron chi connectivity index (χ2n) is 4.28. The molecule has 0 aromatic heterocycles. The van der Waals surface area contributed by atoms with Crippen LogP contribution in [0.2, 0.25) is 0 Å². The van der Waals surface area contributed by atoms with Crippen molar-refractivity contribution >= 4 is 11.6 Å². The topological polar surface area (TPSA) is 72.8 Å². The summed E-state index contributed by atoms with van der Waals surface area (Å²) in [6.07, 6.45) is -0.804. The summed E-state index contributed by atoms with van der Waals surface area (Å²) < 4.78 is 0. The van der Waals surface area contributed by atoms with Crippen molar-refractivity contribution in [2.75, 3.05) is 31.6 Å². The van der Waals surface area contributed by atoms with Gasteiger partial charge in [-0.3, -0.25) is 4.79 Å². The Labute approximate surface area is 113 Å². The average Bonchev–Trinajstić information content (AvgIpc) is 2.46. The fraction of sp³-hybridized carbons (Fsp3) is 0.500. The van der Waals surface area contributed by atoms with Crippen molar-refractivity contribution in [3.05, 3.63) is 29.8 Å². The molecule has 0 bridgehead atoms. The SMILES string of the molecule is CCN(CC)C(=O)c1cccc(NCC(O)CO)c1. The predicted octanol–water partition coefficient (Wildman–Crippen LogP) is 0.934. The van der Waals surface area contributed by atoms with Crippen molar-refractivity contribution in [3.8, 4) is 0 Å². The molecule has 1 aromatic carbocycles. The van der Waals surface area contributed by atoms with Crippen LogP contribution in [-0.4, -0.2) is 53.4 Å². The van der Waals surface area contributed by atoms with Gasteiger partial charge in [-0.1, -0.05) is 6.07 Å². The molecule has 0 spiro atoms. The zero-order valence-electron chi connectivity index (χ0n) is 11.5. The van der Waals surface area contributed by atoms with E-state index in [2.05, 4.69) is 5.32 Å². The number of carbonyl (C=O) groups excluding carboxylic acids is 1. The van der Waals surface area contributed by atoms with Gasteiger partial charge in [0.2, 0.25) is 0 Å². The lowest BCUT2D eigenvalue weighted by Crippen LogP contribution is -2.30. The second kappa shape index (κ2) is 7.76. The molecule has 19 heavy (non-hydrogen) atoms. The van der Waals surface area contributed by atoms with Crippen LogP contribution in [0.1, 0.15) is 24.2 Å². The highest BCUT2D eigenvalue weighted by Gasteiger charge is 2.12. The third-order valence-corrected chi connectivity index (χ3v) is 2.91. The van der Waals surface area contributed by atoms with Gasteiger partial charge in [-0.15, -0.1) is 0 Å². The lowest BCUT2D eigenvalue weighted by Gasteiger charge is -2.19. The van der Waals surface area contributed by atoms with Crippen LogP contribution < -0.4 is 5.32 Å². The van der Waals surface area contributed by atoms with E-state index in [4.69, 9.17) is 5.11 Å². The fourth-order valence-electron chi connectivity index (χ4n) is 1.76. The summed E-state index contributed by atoms with van der Waals surface area (Å²) in [4.78, 5) is 13.9. The van der Waals surface area contributed by atoms with Gasteiger partial charge in [0.1, 0.15) is 0 Å². The minimum Gasteiger partial charge on any atom is -0.394 e. The first-order valence-electron chi connectivity index (χ1n) is 6.54. The number of hydrogen-bond donors (Lipinski definition) is 3. The maximum atomic E-state index is 12.2. The molecule has 0 saturated heterocycles. The average molecular weight is 266 g/mol. The normalized spacial score (nSPS) is 12.0. The third-order valence-electron chi connectivity index (χ3n) is 2.91. The molecule has 1 rings (SSSR count). The molecule has 0 aliphatic rings. The summed E-state index contributed by atoms with van der Waals surface area (Å²) in [7, 11) is 0. The number of nitrogens with one attached hydrogen (secondary N) is 1. The third kappa shape index (κ3) is 4.54. The molecule has 1 amide bonds.